The van der Waals surface area contributed by atoms with Crippen molar-refractivity contribution in [3.63, 3.8) is 0 Å². The number of carbonyl (C=O) groups is 2. The molecule has 0 spiro atoms. The van der Waals surface area contributed by atoms with Crippen LogP contribution in [0.25, 0.3) is 0 Å². The predicted molar refractivity (Wildman–Crippen MR) is 107 cm³/mol. The fourth-order valence-corrected chi connectivity index (χ4v) is 2.64. The average Bonchev–Trinajstić information content (AvgIpc) is 2.75. The van der Waals surface area contributed by atoms with E-state index < -0.39 is 4.92 Å². The first-order chi connectivity index (χ1) is 14.0. The maximum atomic E-state index is 12.3. The Hall–Kier alpha value is -4.20. The molecule has 8 nitrogen and oxygen atoms in total. The Morgan fingerprint density at radius 1 is 0.862 bits per heavy atom. The number of hydrogen-bond acceptors (Lipinski definition) is 6. The standard InChI is InChI=1S/C21H15N3O5/c25-20(15-5-11-19(12-6-15)24(28)29)13-14-1-7-17(8-2-14)22-21(26)16-3-9-18(23-27)10-4-16/h1-12H,13H2,(H,22,26). The van der Waals surface area contributed by atoms with Gasteiger partial charge in [-0.05, 0) is 59.3 Å². The largest absolute Gasteiger partial charge is 0.322 e. The third-order valence-electron chi connectivity index (χ3n) is 4.21. The smallest absolute Gasteiger partial charge is 0.269 e. The third-order valence-corrected chi connectivity index (χ3v) is 4.21. The van der Waals surface area contributed by atoms with Crippen LogP contribution in [0.5, 0.6) is 0 Å². The van der Waals surface area contributed by atoms with Gasteiger partial charge in [-0.15, -0.1) is 4.91 Å². The maximum Gasteiger partial charge on any atom is 0.269 e. The molecular formula is C21H15N3O5. The molecule has 3 aromatic rings. The molecule has 0 aliphatic heterocycles. The molecule has 0 saturated heterocycles. The van der Waals surface area contributed by atoms with Gasteiger partial charge in [0.15, 0.2) is 5.78 Å². The molecular weight excluding hydrogens is 374 g/mol. The lowest BCUT2D eigenvalue weighted by atomic mass is 10.0. The highest BCUT2D eigenvalue weighted by molar-refractivity contribution is 6.04. The van der Waals surface area contributed by atoms with Crippen molar-refractivity contribution in [3.8, 4) is 0 Å². The van der Waals surface area contributed by atoms with Crippen molar-refractivity contribution in [2.45, 2.75) is 6.42 Å². The Kier molecular flexibility index (Phi) is 5.84. The van der Waals surface area contributed by atoms with Gasteiger partial charge in [0.25, 0.3) is 11.6 Å². The summed E-state index contributed by atoms with van der Waals surface area (Å²) in [6.07, 6.45) is 0.131. The zero-order valence-corrected chi connectivity index (χ0v) is 15.1. The first kappa shape index (κ1) is 19.6. The molecule has 8 heteroatoms. The van der Waals surface area contributed by atoms with Gasteiger partial charge in [-0.1, -0.05) is 12.1 Å². The molecule has 0 aliphatic rings. The minimum absolute atomic E-state index is 0.0706. The van der Waals surface area contributed by atoms with Crippen molar-refractivity contribution >= 4 is 28.8 Å². The van der Waals surface area contributed by atoms with E-state index in [1.165, 1.54) is 48.5 Å². The monoisotopic (exact) mass is 389 g/mol. The summed E-state index contributed by atoms with van der Waals surface area (Å²) in [6, 6.07) is 18.2. The molecule has 0 unspecified atom stereocenters. The number of rotatable bonds is 7. The van der Waals surface area contributed by atoms with Crippen LogP contribution in [-0.2, 0) is 6.42 Å². The van der Waals surface area contributed by atoms with Crippen molar-refractivity contribution < 1.29 is 14.5 Å². The number of hydrogen-bond donors (Lipinski definition) is 1. The summed E-state index contributed by atoms with van der Waals surface area (Å²) in [5.41, 5.74) is 2.24. The van der Waals surface area contributed by atoms with Gasteiger partial charge >= 0.3 is 0 Å². The van der Waals surface area contributed by atoms with E-state index in [1.54, 1.807) is 24.3 Å². The number of nitro groups is 1. The van der Waals surface area contributed by atoms with E-state index in [-0.39, 0.29) is 29.5 Å². The molecule has 0 radical (unpaired) electrons. The first-order valence-corrected chi connectivity index (χ1v) is 8.57. The Morgan fingerprint density at radius 3 is 2.00 bits per heavy atom. The van der Waals surface area contributed by atoms with E-state index >= 15 is 0 Å². The lowest BCUT2D eigenvalue weighted by molar-refractivity contribution is -0.384. The highest BCUT2D eigenvalue weighted by atomic mass is 16.6. The van der Waals surface area contributed by atoms with Crippen molar-refractivity contribution in [1.29, 1.82) is 0 Å². The molecule has 29 heavy (non-hydrogen) atoms. The molecule has 1 amide bonds. The molecule has 0 saturated carbocycles. The van der Waals surface area contributed by atoms with Crippen LogP contribution in [0.4, 0.5) is 17.1 Å². The number of nitrogens with one attached hydrogen (secondary N) is 1. The van der Waals surface area contributed by atoms with Crippen LogP contribution in [0.1, 0.15) is 26.3 Å². The number of nitroso groups, excluding NO2 is 1. The van der Waals surface area contributed by atoms with Gasteiger partial charge in [-0.3, -0.25) is 19.7 Å². The van der Waals surface area contributed by atoms with Crippen LogP contribution >= 0.6 is 0 Å². The summed E-state index contributed by atoms with van der Waals surface area (Å²) in [7, 11) is 0. The summed E-state index contributed by atoms with van der Waals surface area (Å²) in [6.45, 7) is 0. The zero-order valence-electron chi connectivity index (χ0n) is 15.1. The average molecular weight is 389 g/mol. The quantitative estimate of drug-likeness (QED) is 0.272. The SMILES string of the molecule is O=Nc1ccc(C(=O)Nc2ccc(CC(=O)c3ccc([N+](=O)[O-])cc3)cc2)cc1. The maximum absolute atomic E-state index is 12.3. The number of ketones is 1. The highest BCUT2D eigenvalue weighted by Crippen LogP contribution is 2.17. The number of benzene rings is 3. The van der Waals surface area contributed by atoms with E-state index in [2.05, 4.69) is 10.5 Å². The minimum Gasteiger partial charge on any atom is -0.322 e. The molecule has 0 fully saturated rings. The summed E-state index contributed by atoms with van der Waals surface area (Å²) in [5, 5.41) is 16.2. The van der Waals surface area contributed by atoms with Gasteiger partial charge in [0.05, 0.1) is 4.92 Å². The Labute approximate surface area is 165 Å². The van der Waals surface area contributed by atoms with Crippen molar-refractivity contribution in [2.75, 3.05) is 5.32 Å². The number of carbonyl (C=O) groups excluding carboxylic acids is 2. The first-order valence-electron chi connectivity index (χ1n) is 8.57. The van der Waals surface area contributed by atoms with Crippen LogP contribution in [0, 0.1) is 15.0 Å². The molecule has 0 bridgehead atoms. The van der Waals surface area contributed by atoms with Crippen LogP contribution in [0.2, 0.25) is 0 Å². The lowest BCUT2D eigenvalue weighted by Crippen LogP contribution is -2.11. The fraction of sp³-hybridized carbons (Fsp3) is 0.0476. The van der Waals surface area contributed by atoms with Gasteiger partial charge in [0, 0.05) is 35.4 Å². The topological polar surface area (TPSA) is 119 Å². The number of non-ortho nitro benzene ring substituents is 1. The van der Waals surface area contributed by atoms with Crippen molar-refractivity contribution in [2.24, 2.45) is 5.18 Å². The summed E-state index contributed by atoms with van der Waals surface area (Å²) in [4.78, 5) is 45.1. The molecule has 0 atom stereocenters. The van der Waals surface area contributed by atoms with Crippen LogP contribution < -0.4 is 5.32 Å². The Balaban J connectivity index is 1.61. The number of anilines is 1. The zero-order chi connectivity index (χ0) is 20.8. The fourth-order valence-electron chi connectivity index (χ4n) is 2.64. The van der Waals surface area contributed by atoms with E-state index in [0.717, 1.165) is 5.56 Å². The number of amides is 1. The van der Waals surface area contributed by atoms with E-state index in [9.17, 15) is 24.6 Å². The van der Waals surface area contributed by atoms with Gasteiger partial charge < -0.3 is 5.32 Å². The highest BCUT2D eigenvalue weighted by Gasteiger charge is 2.11. The molecule has 144 valence electrons. The lowest BCUT2D eigenvalue weighted by Gasteiger charge is -2.07. The van der Waals surface area contributed by atoms with Gasteiger partial charge in [0.2, 0.25) is 0 Å². The second kappa shape index (κ2) is 8.66. The molecule has 1 N–H and O–H groups in total. The summed E-state index contributed by atoms with van der Waals surface area (Å²) < 4.78 is 0. The second-order valence-electron chi connectivity index (χ2n) is 6.19. The molecule has 3 aromatic carbocycles. The number of Topliss-reactive ketones (excluding diaryl/α,β-unsaturated/α-hetero) is 1. The van der Waals surface area contributed by atoms with Crippen LogP contribution in [-0.4, -0.2) is 16.6 Å². The minimum atomic E-state index is -0.519. The Bertz CT molecular complexity index is 1060. The van der Waals surface area contributed by atoms with Crippen molar-refractivity contribution in [3.05, 3.63) is 105 Å². The third kappa shape index (κ3) is 4.95. The van der Waals surface area contributed by atoms with E-state index in [1.807, 2.05) is 0 Å². The molecule has 0 aromatic heterocycles. The van der Waals surface area contributed by atoms with Gasteiger partial charge in [-0.25, -0.2) is 0 Å². The summed E-state index contributed by atoms with van der Waals surface area (Å²) >= 11 is 0. The van der Waals surface area contributed by atoms with Gasteiger partial charge in [-0.2, -0.15) is 0 Å². The van der Waals surface area contributed by atoms with E-state index in [0.29, 0.717) is 16.8 Å². The predicted octanol–water partition coefficient (Wildman–Crippen LogP) is 4.67. The normalized spacial score (nSPS) is 10.2. The van der Waals surface area contributed by atoms with Crippen LogP contribution in [0.3, 0.4) is 0 Å². The Morgan fingerprint density at radius 2 is 1.45 bits per heavy atom. The molecule has 0 heterocycles. The van der Waals surface area contributed by atoms with Gasteiger partial charge in [0.1, 0.15) is 5.69 Å². The van der Waals surface area contributed by atoms with Crippen molar-refractivity contribution in [1.82, 2.24) is 0 Å². The molecule has 0 aliphatic carbocycles. The van der Waals surface area contributed by atoms with Crippen LogP contribution in [0.15, 0.2) is 78.0 Å². The van der Waals surface area contributed by atoms with E-state index in [4.69, 9.17) is 0 Å². The second-order valence-corrected chi connectivity index (χ2v) is 6.19. The number of nitro benzene ring substituents is 1. The molecule has 3 rings (SSSR count). The summed E-state index contributed by atoms with van der Waals surface area (Å²) in [5.74, 6) is -0.502. The number of nitrogens with zero attached hydrogens (tertiary/aromatic N) is 2.